The van der Waals surface area contributed by atoms with Crippen molar-refractivity contribution < 1.29 is 9.18 Å². The number of rotatable bonds is 8. The number of hydrogen-bond donors (Lipinski definition) is 2. The van der Waals surface area contributed by atoms with Gasteiger partial charge in [0.2, 0.25) is 0 Å². The number of fused-ring (bicyclic) bond motifs is 1. The molecule has 0 saturated carbocycles. The maximum Gasteiger partial charge on any atom is 0.250 e. The zero-order chi connectivity index (χ0) is 18.5. The van der Waals surface area contributed by atoms with Gasteiger partial charge in [-0.05, 0) is 56.6 Å². The van der Waals surface area contributed by atoms with Crippen LogP contribution in [0.4, 0.5) is 4.39 Å². The summed E-state index contributed by atoms with van der Waals surface area (Å²) in [7, 11) is 0. The molecular formula is C20H23FN4O. The highest BCUT2D eigenvalue weighted by molar-refractivity contribution is 6.04. The Labute approximate surface area is 152 Å². The standard InChI is InChI=1S/C20H23FN4O/c1-14(21)9-11-23-12-10-15-5-7-17(8-6-15)25-13-16-3-2-4-18(20(22)26)19(16)24-25/h2-8,13-14,23H,9-12H2,1H3,(H2,22,26). The SMILES string of the molecule is CC(F)CCNCCc1ccc(-n2cc3cccc(C(N)=O)c3n2)cc1. The molecule has 1 amide bonds. The third-order valence-electron chi connectivity index (χ3n) is 4.31. The van der Waals surface area contributed by atoms with E-state index >= 15 is 0 Å². The van der Waals surface area contributed by atoms with Gasteiger partial charge in [-0.2, -0.15) is 5.10 Å². The van der Waals surface area contributed by atoms with Gasteiger partial charge in [-0.15, -0.1) is 0 Å². The number of nitrogens with two attached hydrogens (primary N) is 1. The molecule has 0 bridgehead atoms. The fourth-order valence-corrected chi connectivity index (χ4v) is 2.85. The first-order chi connectivity index (χ1) is 12.5. The molecule has 5 nitrogen and oxygen atoms in total. The summed E-state index contributed by atoms with van der Waals surface area (Å²) in [6.07, 6.45) is 2.55. The summed E-state index contributed by atoms with van der Waals surface area (Å²) in [5.74, 6) is -0.481. The van der Waals surface area contributed by atoms with Crippen LogP contribution in [0.2, 0.25) is 0 Å². The summed E-state index contributed by atoms with van der Waals surface area (Å²) in [5.41, 5.74) is 8.56. The number of halogens is 1. The Morgan fingerprint density at radius 2 is 2.00 bits per heavy atom. The predicted octanol–water partition coefficient (Wildman–Crippen LogP) is 3.00. The molecule has 1 heterocycles. The van der Waals surface area contributed by atoms with Gasteiger partial charge in [-0.1, -0.05) is 24.3 Å². The van der Waals surface area contributed by atoms with Gasteiger partial charge >= 0.3 is 0 Å². The van der Waals surface area contributed by atoms with Crippen molar-refractivity contribution in [3.05, 3.63) is 59.8 Å². The first kappa shape index (κ1) is 18.1. The Bertz CT molecular complexity index is 886. The Kier molecular flexibility index (Phi) is 5.63. The van der Waals surface area contributed by atoms with Crippen LogP contribution in [0.3, 0.4) is 0 Å². The third kappa shape index (κ3) is 4.26. The summed E-state index contributed by atoms with van der Waals surface area (Å²) in [6, 6.07) is 13.5. The second kappa shape index (κ2) is 8.10. The summed E-state index contributed by atoms with van der Waals surface area (Å²) in [6.45, 7) is 3.09. The molecule has 3 N–H and O–H groups in total. The van der Waals surface area contributed by atoms with E-state index in [0.29, 0.717) is 24.0 Å². The van der Waals surface area contributed by atoms with Crippen LogP contribution in [-0.2, 0) is 6.42 Å². The van der Waals surface area contributed by atoms with E-state index in [1.54, 1.807) is 23.7 Å². The van der Waals surface area contributed by atoms with Crippen molar-refractivity contribution in [1.82, 2.24) is 15.1 Å². The van der Waals surface area contributed by atoms with E-state index in [-0.39, 0.29) is 0 Å². The largest absolute Gasteiger partial charge is 0.366 e. The minimum absolute atomic E-state index is 0.423. The van der Waals surface area contributed by atoms with Crippen LogP contribution >= 0.6 is 0 Å². The predicted molar refractivity (Wildman–Crippen MR) is 101 cm³/mol. The van der Waals surface area contributed by atoms with Crippen molar-refractivity contribution in [2.45, 2.75) is 25.9 Å². The van der Waals surface area contributed by atoms with Crippen molar-refractivity contribution in [2.75, 3.05) is 13.1 Å². The van der Waals surface area contributed by atoms with Gasteiger partial charge in [0, 0.05) is 11.6 Å². The Hall–Kier alpha value is -2.73. The third-order valence-corrected chi connectivity index (χ3v) is 4.31. The fourth-order valence-electron chi connectivity index (χ4n) is 2.85. The van der Waals surface area contributed by atoms with Crippen LogP contribution in [0.25, 0.3) is 16.6 Å². The Morgan fingerprint density at radius 3 is 2.69 bits per heavy atom. The maximum absolute atomic E-state index is 12.7. The van der Waals surface area contributed by atoms with Crippen molar-refractivity contribution in [3.8, 4) is 5.69 Å². The minimum Gasteiger partial charge on any atom is -0.366 e. The van der Waals surface area contributed by atoms with Crippen LogP contribution in [0.15, 0.2) is 48.7 Å². The van der Waals surface area contributed by atoms with Crippen molar-refractivity contribution >= 4 is 16.8 Å². The lowest BCUT2D eigenvalue weighted by Crippen LogP contribution is -2.20. The van der Waals surface area contributed by atoms with Crippen molar-refractivity contribution in [1.29, 1.82) is 0 Å². The normalized spacial score (nSPS) is 12.4. The zero-order valence-electron chi connectivity index (χ0n) is 14.8. The molecule has 0 saturated heterocycles. The molecule has 1 atom stereocenters. The number of hydrogen-bond acceptors (Lipinski definition) is 3. The summed E-state index contributed by atoms with van der Waals surface area (Å²) in [4.78, 5) is 11.5. The molecule has 0 aliphatic carbocycles. The molecule has 0 aliphatic heterocycles. The number of benzene rings is 2. The van der Waals surface area contributed by atoms with E-state index in [4.69, 9.17) is 5.73 Å². The quantitative estimate of drug-likeness (QED) is 0.611. The van der Waals surface area contributed by atoms with Crippen LogP contribution < -0.4 is 11.1 Å². The molecule has 0 spiro atoms. The first-order valence-electron chi connectivity index (χ1n) is 8.77. The van der Waals surface area contributed by atoms with Crippen LogP contribution in [0.5, 0.6) is 0 Å². The molecule has 0 radical (unpaired) electrons. The van der Waals surface area contributed by atoms with E-state index in [9.17, 15) is 9.18 Å². The number of primary amides is 1. The molecular weight excluding hydrogens is 331 g/mol. The van der Waals surface area contributed by atoms with E-state index in [0.717, 1.165) is 24.0 Å². The molecule has 136 valence electrons. The topological polar surface area (TPSA) is 72.9 Å². The molecule has 2 aromatic carbocycles. The molecule has 1 unspecified atom stereocenters. The van der Waals surface area contributed by atoms with Gasteiger partial charge in [0.25, 0.3) is 5.91 Å². The zero-order valence-corrected chi connectivity index (χ0v) is 14.8. The smallest absolute Gasteiger partial charge is 0.250 e. The van der Waals surface area contributed by atoms with Gasteiger partial charge in [0.05, 0.1) is 17.4 Å². The van der Waals surface area contributed by atoms with Crippen LogP contribution in [0, 0.1) is 0 Å². The number of amides is 1. The molecule has 1 aromatic heterocycles. The molecule has 6 heteroatoms. The lowest BCUT2D eigenvalue weighted by atomic mass is 10.1. The molecule has 3 rings (SSSR count). The fraction of sp³-hybridized carbons (Fsp3) is 0.300. The minimum atomic E-state index is -0.763. The van der Waals surface area contributed by atoms with Gasteiger partial charge in [0.15, 0.2) is 0 Å². The van der Waals surface area contributed by atoms with Crippen molar-refractivity contribution in [2.24, 2.45) is 5.73 Å². The number of alkyl halides is 1. The lowest BCUT2D eigenvalue weighted by molar-refractivity contribution is 0.100. The number of nitrogens with zero attached hydrogens (tertiary/aromatic N) is 2. The first-order valence-corrected chi connectivity index (χ1v) is 8.77. The van der Waals surface area contributed by atoms with Gasteiger partial charge in [-0.3, -0.25) is 4.79 Å². The number of carbonyl (C=O) groups excluding carboxylic acids is 1. The average molecular weight is 354 g/mol. The van der Waals surface area contributed by atoms with Crippen LogP contribution in [0.1, 0.15) is 29.3 Å². The van der Waals surface area contributed by atoms with E-state index in [1.807, 2.05) is 24.4 Å². The van der Waals surface area contributed by atoms with Gasteiger partial charge in [-0.25, -0.2) is 9.07 Å². The number of aromatic nitrogens is 2. The highest BCUT2D eigenvalue weighted by Gasteiger charge is 2.10. The van der Waals surface area contributed by atoms with E-state index < -0.39 is 12.1 Å². The number of nitrogens with one attached hydrogen (secondary N) is 1. The molecule has 0 aliphatic rings. The van der Waals surface area contributed by atoms with Gasteiger partial charge in [0.1, 0.15) is 5.52 Å². The average Bonchev–Trinajstić information content (AvgIpc) is 3.05. The van der Waals surface area contributed by atoms with Crippen molar-refractivity contribution in [3.63, 3.8) is 0 Å². The Morgan fingerprint density at radius 1 is 1.23 bits per heavy atom. The molecule has 0 fully saturated rings. The second-order valence-corrected chi connectivity index (χ2v) is 6.42. The highest BCUT2D eigenvalue weighted by Crippen LogP contribution is 2.19. The summed E-state index contributed by atoms with van der Waals surface area (Å²) >= 11 is 0. The van der Waals surface area contributed by atoms with Crippen LogP contribution in [-0.4, -0.2) is 34.9 Å². The monoisotopic (exact) mass is 354 g/mol. The number of carbonyl (C=O) groups is 1. The van der Waals surface area contributed by atoms with Gasteiger partial charge < -0.3 is 11.1 Å². The second-order valence-electron chi connectivity index (χ2n) is 6.42. The highest BCUT2D eigenvalue weighted by atomic mass is 19.1. The Balaban J connectivity index is 1.68. The summed E-state index contributed by atoms with van der Waals surface area (Å²) in [5, 5.41) is 8.62. The summed E-state index contributed by atoms with van der Waals surface area (Å²) < 4.78 is 14.5. The molecule has 3 aromatic rings. The molecule has 26 heavy (non-hydrogen) atoms. The maximum atomic E-state index is 12.7. The van der Waals surface area contributed by atoms with E-state index in [2.05, 4.69) is 22.5 Å². The lowest BCUT2D eigenvalue weighted by Gasteiger charge is -2.07. The van der Waals surface area contributed by atoms with E-state index in [1.165, 1.54) is 5.56 Å².